The van der Waals surface area contributed by atoms with Gasteiger partial charge in [0.15, 0.2) is 0 Å². The molecule has 1 fully saturated rings. The first kappa shape index (κ1) is 14.9. The average molecular weight is 276 g/mol. The first-order chi connectivity index (χ1) is 9.54. The number of esters is 1. The molecule has 110 valence electrons. The Morgan fingerprint density at radius 2 is 1.85 bits per heavy atom. The first-order valence-corrected chi connectivity index (χ1v) is 7.17. The molecule has 1 aromatic carbocycles. The van der Waals surface area contributed by atoms with Gasteiger partial charge in [-0.25, -0.2) is 0 Å². The lowest BCUT2D eigenvalue weighted by molar-refractivity contribution is -0.146. The summed E-state index contributed by atoms with van der Waals surface area (Å²) in [6, 6.07) is 6.29. The second-order valence-corrected chi connectivity index (χ2v) is 5.44. The van der Waals surface area contributed by atoms with Crippen molar-refractivity contribution in [2.45, 2.75) is 26.8 Å². The predicted octanol–water partition coefficient (Wildman–Crippen LogP) is 1.99. The van der Waals surface area contributed by atoms with Crippen molar-refractivity contribution in [1.82, 2.24) is 4.90 Å². The Kier molecular flexibility index (Phi) is 4.65. The van der Waals surface area contributed by atoms with Crippen LogP contribution in [0.1, 0.15) is 18.1 Å². The first-order valence-electron chi connectivity index (χ1n) is 7.17. The molecular formula is C16H24N2O2. The fraction of sp³-hybridized carbons (Fsp3) is 0.562. The molecule has 1 unspecified atom stereocenters. The summed E-state index contributed by atoms with van der Waals surface area (Å²) in [6.07, 6.45) is 0. The van der Waals surface area contributed by atoms with Crippen molar-refractivity contribution >= 4 is 11.7 Å². The molecule has 1 atom stereocenters. The van der Waals surface area contributed by atoms with Crippen molar-refractivity contribution in [2.24, 2.45) is 0 Å². The van der Waals surface area contributed by atoms with Crippen molar-refractivity contribution < 1.29 is 9.53 Å². The van der Waals surface area contributed by atoms with E-state index in [0.717, 1.165) is 26.2 Å². The van der Waals surface area contributed by atoms with Gasteiger partial charge in [0.05, 0.1) is 7.11 Å². The maximum Gasteiger partial charge on any atom is 0.322 e. The van der Waals surface area contributed by atoms with E-state index < -0.39 is 0 Å². The highest BCUT2D eigenvalue weighted by atomic mass is 16.5. The van der Waals surface area contributed by atoms with Crippen LogP contribution >= 0.6 is 0 Å². The molecular weight excluding hydrogens is 252 g/mol. The zero-order valence-corrected chi connectivity index (χ0v) is 12.8. The molecule has 0 aromatic heterocycles. The summed E-state index contributed by atoms with van der Waals surface area (Å²) in [7, 11) is 1.45. The van der Waals surface area contributed by atoms with E-state index in [0.29, 0.717) is 0 Å². The second kappa shape index (κ2) is 6.27. The normalized spacial score (nSPS) is 17.9. The minimum atomic E-state index is -0.152. The third-order valence-corrected chi connectivity index (χ3v) is 4.32. The third-order valence-electron chi connectivity index (χ3n) is 4.32. The highest BCUT2D eigenvalue weighted by molar-refractivity contribution is 5.75. The number of rotatable bonds is 3. The number of methoxy groups -OCH3 is 1. The molecule has 0 N–H and O–H groups in total. The Labute approximate surface area is 121 Å². The molecule has 0 aliphatic carbocycles. The van der Waals surface area contributed by atoms with Crippen molar-refractivity contribution in [3.8, 4) is 0 Å². The van der Waals surface area contributed by atoms with Crippen LogP contribution in [0.5, 0.6) is 0 Å². The number of benzene rings is 1. The van der Waals surface area contributed by atoms with E-state index in [4.69, 9.17) is 4.74 Å². The zero-order chi connectivity index (χ0) is 14.7. The second-order valence-electron chi connectivity index (χ2n) is 5.44. The summed E-state index contributed by atoms with van der Waals surface area (Å²) >= 11 is 0. The Morgan fingerprint density at radius 1 is 1.20 bits per heavy atom. The predicted molar refractivity (Wildman–Crippen MR) is 81.2 cm³/mol. The van der Waals surface area contributed by atoms with Crippen LogP contribution in [0.15, 0.2) is 18.2 Å². The van der Waals surface area contributed by atoms with E-state index in [2.05, 4.69) is 41.8 Å². The van der Waals surface area contributed by atoms with Crippen LogP contribution in [0.3, 0.4) is 0 Å². The van der Waals surface area contributed by atoms with E-state index in [1.165, 1.54) is 23.9 Å². The summed E-state index contributed by atoms with van der Waals surface area (Å²) in [5.41, 5.74) is 3.99. The van der Waals surface area contributed by atoms with E-state index in [1.54, 1.807) is 0 Å². The van der Waals surface area contributed by atoms with Crippen LogP contribution in [0.4, 0.5) is 5.69 Å². The van der Waals surface area contributed by atoms with Gasteiger partial charge in [-0.15, -0.1) is 0 Å². The highest BCUT2D eigenvalue weighted by Crippen LogP contribution is 2.24. The van der Waals surface area contributed by atoms with Crippen molar-refractivity contribution in [3.05, 3.63) is 29.3 Å². The van der Waals surface area contributed by atoms with Crippen LogP contribution in [-0.4, -0.2) is 50.2 Å². The molecule has 0 bridgehead atoms. The topological polar surface area (TPSA) is 32.8 Å². The van der Waals surface area contributed by atoms with Crippen molar-refractivity contribution in [3.63, 3.8) is 0 Å². The molecule has 1 aromatic rings. The van der Waals surface area contributed by atoms with Crippen LogP contribution in [0.2, 0.25) is 0 Å². The minimum Gasteiger partial charge on any atom is -0.468 e. The van der Waals surface area contributed by atoms with Gasteiger partial charge in [-0.05, 0) is 38.0 Å². The summed E-state index contributed by atoms with van der Waals surface area (Å²) < 4.78 is 4.82. The number of hydrogen-bond acceptors (Lipinski definition) is 4. The standard InChI is InChI=1S/C16H24N2O2/c1-12-6-5-7-15(13(12)2)18-10-8-17(9-11-18)14(3)16(19)20-4/h5-7,14H,8-11H2,1-4H3. The molecule has 4 nitrogen and oxygen atoms in total. The van der Waals surface area contributed by atoms with E-state index in [-0.39, 0.29) is 12.0 Å². The van der Waals surface area contributed by atoms with Crippen LogP contribution in [-0.2, 0) is 9.53 Å². The number of aryl methyl sites for hydroxylation is 1. The zero-order valence-electron chi connectivity index (χ0n) is 12.8. The Hall–Kier alpha value is -1.55. The lowest BCUT2D eigenvalue weighted by atomic mass is 10.1. The molecule has 1 aliphatic rings. The van der Waals surface area contributed by atoms with E-state index in [1.807, 2.05) is 6.92 Å². The summed E-state index contributed by atoms with van der Waals surface area (Å²) in [5.74, 6) is -0.148. The molecule has 0 saturated carbocycles. The van der Waals surface area contributed by atoms with Gasteiger partial charge in [0, 0.05) is 31.9 Å². The average Bonchev–Trinajstić information content (AvgIpc) is 2.48. The summed E-state index contributed by atoms with van der Waals surface area (Å²) in [5, 5.41) is 0. The molecule has 0 amide bonds. The molecule has 1 heterocycles. The smallest absolute Gasteiger partial charge is 0.322 e. The minimum absolute atomic E-state index is 0.148. The lowest BCUT2D eigenvalue weighted by Gasteiger charge is -2.38. The molecule has 1 saturated heterocycles. The lowest BCUT2D eigenvalue weighted by Crippen LogP contribution is -2.52. The Morgan fingerprint density at radius 3 is 2.45 bits per heavy atom. The Bertz CT molecular complexity index is 479. The summed E-state index contributed by atoms with van der Waals surface area (Å²) in [6.45, 7) is 9.92. The maximum atomic E-state index is 11.6. The van der Waals surface area contributed by atoms with Crippen LogP contribution in [0, 0.1) is 13.8 Å². The number of piperazine rings is 1. The fourth-order valence-corrected chi connectivity index (χ4v) is 2.75. The SMILES string of the molecule is COC(=O)C(C)N1CCN(c2cccc(C)c2C)CC1. The molecule has 2 rings (SSSR count). The highest BCUT2D eigenvalue weighted by Gasteiger charge is 2.26. The van der Waals surface area contributed by atoms with Gasteiger partial charge in [-0.2, -0.15) is 0 Å². The number of nitrogens with zero attached hydrogens (tertiary/aromatic N) is 2. The van der Waals surface area contributed by atoms with E-state index >= 15 is 0 Å². The van der Waals surface area contributed by atoms with Crippen molar-refractivity contribution in [1.29, 1.82) is 0 Å². The Balaban J connectivity index is 2.01. The van der Waals surface area contributed by atoms with Gasteiger partial charge < -0.3 is 9.64 Å². The van der Waals surface area contributed by atoms with Gasteiger partial charge in [0.2, 0.25) is 0 Å². The quantitative estimate of drug-likeness (QED) is 0.790. The van der Waals surface area contributed by atoms with Crippen LogP contribution in [0.25, 0.3) is 0 Å². The van der Waals surface area contributed by atoms with E-state index in [9.17, 15) is 4.79 Å². The molecule has 1 aliphatic heterocycles. The summed E-state index contributed by atoms with van der Waals surface area (Å²) in [4.78, 5) is 16.2. The molecule has 0 radical (unpaired) electrons. The van der Waals surface area contributed by atoms with Gasteiger partial charge in [0.1, 0.15) is 6.04 Å². The van der Waals surface area contributed by atoms with Gasteiger partial charge >= 0.3 is 5.97 Å². The van der Waals surface area contributed by atoms with Crippen LogP contribution < -0.4 is 4.90 Å². The number of hydrogen-bond donors (Lipinski definition) is 0. The fourth-order valence-electron chi connectivity index (χ4n) is 2.75. The largest absolute Gasteiger partial charge is 0.468 e. The number of ether oxygens (including phenoxy) is 1. The molecule has 0 spiro atoms. The number of anilines is 1. The molecule has 4 heteroatoms. The van der Waals surface area contributed by atoms with Gasteiger partial charge in [-0.1, -0.05) is 12.1 Å². The third kappa shape index (κ3) is 2.96. The van der Waals surface area contributed by atoms with Gasteiger partial charge in [-0.3, -0.25) is 9.69 Å². The monoisotopic (exact) mass is 276 g/mol. The number of carbonyl (C=O) groups excluding carboxylic acids is 1. The molecule has 20 heavy (non-hydrogen) atoms. The maximum absolute atomic E-state index is 11.6. The van der Waals surface area contributed by atoms with Gasteiger partial charge in [0.25, 0.3) is 0 Å². The van der Waals surface area contributed by atoms with Crippen molar-refractivity contribution in [2.75, 3.05) is 38.2 Å². The number of carbonyl (C=O) groups is 1.